The predicted molar refractivity (Wildman–Crippen MR) is 103 cm³/mol. The van der Waals surface area contributed by atoms with Crippen molar-refractivity contribution in [3.63, 3.8) is 0 Å². The summed E-state index contributed by atoms with van der Waals surface area (Å²) >= 11 is 3.46. The lowest BCUT2D eigenvalue weighted by atomic mass is 9.94. The van der Waals surface area contributed by atoms with Crippen LogP contribution < -0.4 is 10.6 Å². The smallest absolute Gasteiger partial charge is 0.223 e. The molecule has 0 unspecified atom stereocenters. The fraction of sp³-hybridized carbons (Fsp3) is 0.278. The van der Waals surface area contributed by atoms with Gasteiger partial charge in [0.1, 0.15) is 23.1 Å². The second-order valence-electron chi connectivity index (χ2n) is 6.24. The van der Waals surface area contributed by atoms with Gasteiger partial charge in [-0.25, -0.2) is 19.9 Å². The second-order valence-corrected chi connectivity index (χ2v) is 7.16. The van der Waals surface area contributed by atoms with Crippen molar-refractivity contribution in [3.05, 3.63) is 41.3 Å². The molecule has 8 heteroatoms. The predicted octanol–water partition coefficient (Wildman–Crippen LogP) is 3.85. The number of anilines is 3. The summed E-state index contributed by atoms with van der Waals surface area (Å²) in [6.07, 6.45) is 6.04. The molecule has 1 aliphatic carbocycles. The third-order valence-corrected chi connectivity index (χ3v) is 4.83. The van der Waals surface area contributed by atoms with Crippen molar-refractivity contribution in [2.75, 3.05) is 10.6 Å². The van der Waals surface area contributed by atoms with E-state index in [1.165, 1.54) is 6.33 Å². The molecule has 2 aromatic heterocycles. The van der Waals surface area contributed by atoms with Crippen LogP contribution in [-0.4, -0.2) is 31.8 Å². The maximum Gasteiger partial charge on any atom is 0.223 e. The Morgan fingerprint density at radius 3 is 2.77 bits per heavy atom. The van der Waals surface area contributed by atoms with Crippen LogP contribution >= 0.6 is 15.9 Å². The summed E-state index contributed by atoms with van der Waals surface area (Å²) in [5, 5.41) is 6.61. The van der Waals surface area contributed by atoms with E-state index < -0.39 is 0 Å². The van der Waals surface area contributed by atoms with Gasteiger partial charge in [-0.2, -0.15) is 0 Å². The van der Waals surface area contributed by atoms with Gasteiger partial charge in [0, 0.05) is 29.0 Å². The van der Waals surface area contributed by atoms with Crippen molar-refractivity contribution in [2.24, 2.45) is 0 Å². The number of benzene rings is 1. The lowest BCUT2D eigenvalue weighted by Crippen LogP contribution is -2.26. The number of nitrogens with one attached hydrogen (secondary N) is 2. The first-order chi connectivity index (χ1) is 12.7. The topological polar surface area (TPSA) is 92.7 Å². The highest BCUT2D eigenvalue weighted by atomic mass is 79.9. The normalized spacial score (nSPS) is 15.2. The third-order valence-electron chi connectivity index (χ3n) is 4.34. The van der Waals surface area contributed by atoms with Gasteiger partial charge >= 0.3 is 0 Å². The largest absolute Gasteiger partial charge is 0.351 e. The summed E-state index contributed by atoms with van der Waals surface area (Å²) in [5.41, 5.74) is 2.22. The van der Waals surface area contributed by atoms with Crippen LogP contribution in [0.2, 0.25) is 0 Å². The lowest BCUT2D eigenvalue weighted by Gasteiger charge is -2.22. The van der Waals surface area contributed by atoms with Crippen molar-refractivity contribution in [2.45, 2.75) is 31.7 Å². The van der Waals surface area contributed by atoms with Crippen molar-refractivity contribution < 1.29 is 4.79 Å². The first-order valence-electron chi connectivity index (χ1n) is 8.46. The highest BCUT2D eigenvalue weighted by Gasteiger charge is 2.19. The third kappa shape index (κ3) is 3.80. The number of carbonyl (C=O) groups excluding carboxylic acids is 1. The van der Waals surface area contributed by atoms with Gasteiger partial charge in [0.15, 0.2) is 5.82 Å². The molecule has 1 aromatic carbocycles. The summed E-state index contributed by atoms with van der Waals surface area (Å²) in [5.74, 6) is 1.48. The molecule has 3 aromatic rings. The number of fused-ring (bicyclic) bond motifs is 1. The summed E-state index contributed by atoms with van der Waals surface area (Å²) < 4.78 is 0.977. The zero-order chi connectivity index (χ0) is 17.9. The van der Waals surface area contributed by atoms with E-state index in [4.69, 9.17) is 0 Å². The highest BCUT2D eigenvalue weighted by Crippen LogP contribution is 2.24. The standard InChI is InChI=1S/C18H17BrN6O/c19-11-2-1-3-13(8-11)23-17-16-15(21-10-22-17)9-20-18(25-16)24-12-4-6-14(26)7-5-12/h1-3,8-10,12H,4-7H2,(H,20,24,25)(H,21,22,23). The second kappa shape index (κ2) is 7.33. The Balaban J connectivity index is 1.60. The monoisotopic (exact) mass is 412 g/mol. The number of halogens is 1. The minimum absolute atomic E-state index is 0.219. The summed E-state index contributed by atoms with van der Waals surface area (Å²) in [6.45, 7) is 0. The molecule has 7 nitrogen and oxygen atoms in total. The number of ketones is 1. The Morgan fingerprint density at radius 2 is 1.96 bits per heavy atom. The first-order valence-corrected chi connectivity index (χ1v) is 9.25. The van der Waals surface area contributed by atoms with Gasteiger partial charge < -0.3 is 10.6 Å². The molecule has 132 valence electrons. The average molecular weight is 413 g/mol. The van der Waals surface area contributed by atoms with E-state index in [1.54, 1.807) is 6.20 Å². The lowest BCUT2D eigenvalue weighted by molar-refractivity contribution is -0.120. The number of hydrogen-bond acceptors (Lipinski definition) is 7. The molecule has 0 bridgehead atoms. The minimum atomic E-state index is 0.219. The molecule has 0 atom stereocenters. The average Bonchev–Trinajstić information content (AvgIpc) is 2.64. The molecule has 1 saturated carbocycles. The number of carbonyl (C=O) groups is 1. The van der Waals surface area contributed by atoms with E-state index in [9.17, 15) is 4.79 Å². The minimum Gasteiger partial charge on any atom is -0.351 e. The number of hydrogen-bond donors (Lipinski definition) is 2. The van der Waals surface area contributed by atoms with Crippen LogP contribution in [-0.2, 0) is 4.79 Å². The summed E-state index contributed by atoms with van der Waals surface area (Å²) in [6, 6.07) is 8.05. The molecule has 26 heavy (non-hydrogen) atoms. The SMILES string of the molecule is O=C1CCC(Nc2ncc3ncnc(Nc4cccc(Br)c4)c3n2)CC1. The zero-order valence-corrected chi connectivity index (χ0v) is 15.5. The molecule has 0 amide bonds. The van der Waals surface area contributed by atoms with E-state index in [0.29, 0.717) is 41.4 Å². The van der Waals surface area contributed by atoms with Gasteiger partial charge in [-0.1, -0.05) is 22.0 Å². The van der Waals surface area contributed by atoms with Gasteiger partial charge in [-0.05, 0) is 31.0 Å². The van der Waals surface area contributed by atoms with E-state index in [-0.39, 0.29) is 6.04 Å². The van der Waals surface area contributed by atoms with Gasteiger partial charge in [-0.3, -0.25) is 4.79 Å². The molecule has 0 aliphatic heterocycles. The Hall–Kier alpha value is -2.61. The Kier molecular flexibility index (Phi) is 4.75. The molecular formula is C18H17BrN6O. The van der Waals surface area contributed by atoms with Crippen LogP contribution in [0.3, 0.4) is 0 Å². The van der Waals surface area contributed by atoms with E-state index >= 15 is 0 Å². The molecule has 2 N–H and O–H groups in total. The van der Waals surface area contributed by atoms with Crippen LogP contribution in [0.4, 0.5) is 17.5 Å². The Bertz CT molecular complexity index is 953. The number of Topliss-reactive ketones (excluding diaryl/α,β-unsaturated/α-hetero) is 1. The van der Waals surface area contributed by atoms with Crippen molar-refractivity contribution in [1.29, 1.82) is 0 Å². The summed E-state index contributed by atoms with van der Waals surface area (Å²) in [7, 11) is 0. The molecule has 4 rings (SSSR count). The fourth-order valence-electron chi connectivity index (χ4n) is 2.98. The fourth-order valence-corrected chi connectivity index (χ4v) is 3.38. The molecule has 0 spiro atoms. The zero-order valence-electron chi connectivity index (χ0n) is 13.9. The van der Waals surface area contributed by atoms with E-state index in [0.717, 1.165) is 23.0 Å². The molecular weight excluding hydrogens is 396 g/mol. The molecule has 1 aliphatic rings. The quantitative estimate of drug-likeness (QED) is 0.671. The van der Waals surface area contributed by atoms with Crippen molar-refractivity contribution >= 4 is 50.2 Å². The van der Waals surface area contributed by atoms with Crippen molar-refractivity contribution in [1.82, 2.24) is 19.9 Å². The van der Waals surface area contributed by atoms with E-state index in [1.807, 2.05) is 24.3 Å². The maximum atomic E-state index is 11.4. The van der Waals surface area contributed by atoms with E-state index in [2.05, 4.69) is 46.5 Å². The Labute approximate surface area is 158 Å². The van der Waals surface area contributed by atoms with Gasteiger partial charge in [0.2, 0.25) is 5.95 Å². The van der Waals surface area contributed by atoms with Gasteiger partial charge in [0.05, 0.1) is 6.20 Å². The first kappa shape index (κ1) is 16.8. The van der Waals surface area contributed by atoms with Crippen LogP contribution in [0.1, 0.15) is 25.7 Å². The molecule has 0 radical (unpaired) electrons. The van der Waals surface area contributed by atoms with Crippen molar-refractivity contribution in [3.8, 4) is 0 Å². The van der Waals surface area contributed by atoms with Crippen LogP contribution in [0.5, 0.6) is 0 Å². The van der Waals surface area contributed by atoms with Gasteiger partial charge in [-0.15, -0.1) is 0 Å². The van der Waals surface area contributed by atoms with Crippen LogP contribution in [0.15, 0.2) is 41.3 Å². The molecule has 1 fully saturated rings. The highest BCUT2D eigenvalue weighted by molar-refractivity contribution is 9.10. The molecule has 0 saturated heterocycles. The van der Waals surface area contributed by atoms with Crippen LogP contribution in [0.25, 0.3) is 11.0 Å². The number of aromatic nitrogens is 4. The maximum absolute atomic E-state index is 11.4. The number of rotatable bonds is 4. The Morgan fingerprint density at radius 1 is 1.12 bits per heavy atom. The van der Waals surface area contributed by atoms with Crippen LogP contribution in [0, 0.1) is 0 Å². The summed E-state index contributed by atoms with van der Waals surface area (Å²) in [4.78, 5) is 28.9. The number of nitrogens with zero attached hydrogens (tertiary/aromatic N) is 4. The molecule has 2 heterocycles. The van der Waals surface area contributed by atoms with Gasteiger partial charge in [0.25, 0.3) is 0 Å².